The van der Waals surface area contributed by atoms with Gasteiger partial charge in [0, 0.05) is 22.2 Å². The first-order valence-corrected chi connectivity index (χ1v) is 13.7. The number of thiazole rings is 1. The summed E-state index contributed by atoms with van der Waals surface area (Å²) in [7, 11) is 1.31. The minimum atomic E-state index is -0.446. The maximum absolute atomic E-state index is 13.4. The summed E-state index contributed by atoms with van der Waals surface area (Å²) in [6.07, 6.45) is 0. The second-order valence-electron chi connectivity index (χ2n) is 8.69. The Balaban J connectivity index is 1.18. The number of amides is 3. The smallest absolute Gasteiger partial charge is 0.337 e. The highest BCUT2D eigenvalue weighted by molar-refractivity contribution is 8.01. The number of anilines is 2. The van der Waals surface area contributed by atoms with Crippen molar-refractivity contribution >= 4 is 79.2 Å². The molecule has 0 atom stereocenters. The SMILES string of the molecule is COC(=O)c1ccc(NC(=O)CSc2nc3ccc(N4C(=O)c5cccc6cccc(c56)C4=O)cc3s2)cc1. The normalized spacial score (nSPS) is 12.7. The van der Waals surface area contributed by atoms with Crippen molar-refractivity contribution in [2.45, 2.75) is 4.34 Å². The number of benzene rings is 4. The molecule has 0 aliphatic carbocycles. The lowest BCUT2D eigenvalue weighted by Gasteiger charge is -2.27. The molecule has 0 bridgehead atoms. The largest absolute Gasteiger partial charge is 0.465 e. The van der Waals surface area contributed by atoms with Crippen molar-refractivity contribution in [1.82, 2.24) is 4.98 Å². The summed E-state index contributed by atoms with van der Waals surface area (Å²) in [6, 6.07) is 22.6. The van der Waals surface area contributed by atoms with Gasteiger partial charge in [0.05, 0.1) is 34.3 Å². The Morgan fingerprint density at radius 1 is 0.949 bits per heavy atom. The molecule has 0 fully saturated rings. The van der Waals surface area contributed by atoms with Crippen LogP contribution in [-0.2, 0) is 9.53 Å². The molecule has 0 radical (unpaired) electrons. The van der Waals surface area contributed by atoms with Gasteiger partial charge >= 0.3 is 5.97 Å². The van der Waals surface area contributed by atoms with Crippen LogP contribution in [0, 0.1) is 0 Å². The van der Waals surface area contributed by atoms with Crippen LogP contribution in [0.2, 0.25) is 0 Å². The third kappa shape index (κ3) is 4.53. The average molecular weight is 554 g/mol. The zero-order valence-corrected chi connectivity index (χ0v) is 22.1. The van der Waals surface area contributed by atoms with Crippen molar-refractivity contribution < 1.29 is 23.9 Å². The van der Waals surface area contributed by atoms with Gasteiger partial charge in [-0.05, 0) is 60.0 Å². The van der Waals surface area contributed by atoms with E-state index in [0.717, 1.165) is 10.1 Å². The first-order chi connectivity index (χ1) is 18.9. The highest BCUT2D eigenvalue weighted by Crippen LogP contribution is 2.36. The number of nitrogens with zero attached hydrogens (tertiary/aromatic N) is 2. The summed E-state index contributed by atoms with van der Waals surface area (Å²) >= 11 is 2.67. The molecule has 1 aliphatic rings. The van der Waals surface area contributed by atoms with Crippen molar-refractivity contribution in [3.63, 3.8) is 0 Å². The molecule has 1 aromatic heterocycles. The number of carbonyl (C=O) groups is 4. The molecule has 39 heavy (non-hydrogen) atoms. The van der Waals surface area contributed by atoms with Crippen LogP contribution in [0.1, 0.15) is 31.1 Å². The molecule has 1 N–H and O–H groups in total. The lowest BCUT2D eigenvalue weighted by Crippen LogP contribution is -2.40. The van der Waals surface area contributed by atoms with Gasteiger partial charge in [0.15, 0.2) is 4.34 Å². The quantitative estimate of drug-likeness (QED) is 0.162. The first-order valence-electron chi connectivity index (χ1n) is 11.8. The summed E-state index contributed by atoms with van der Waals surface area (Å²) < 4.78 is 6.16. The van der Waals surface area contributed by atoms with Crippen LogP contribution in [0.4, 0.5) is 11.4 Å². The number of methoxy groups -OCH3 is 1. The molecule has 0 unspecified atom stereocenters. The molecule has 192 valence electrons. The van der Waals surface area contributed by atoms with Gasteiger partial charge in [-0.25, -0.2) is 14.7 Å². The number of rotatable bonds is 6. The fourth-order valence-electron chi connectivity index (χ4n) is 4.49. The highest BCUT2D eigenvalue weighted by atomic mass is 32.2. The van der Waals surface area contributed by atoms with Crippen molar-refractivity contribution in [3.05, 3.63) is 95.6 Å². The Hall–Kier alpha value is -4.54. The van der Waals surface area contributed by atoms with E-state index in [4.69, 9.17) is 0 Å². The van der Waals surface area contributed by atoms with E-state index in [0.29, 0.717) is 43.3 Å². The molecule has 5 aromatic rings. The van der Waals surface area contributed by atoms with E-state index in [1.807, 2.05) is 24.3 Å². The van der Waals surface area contributed by atoms with Crippen LogP contribution < -0.4 is 10.2 Å². The lowest BCUT2D eigenvalue weighted by molar-refractivity contribution is -0.113. The van der Waals surface area contributed by atoms with Crippen molar-refractivity contribution in [2.75, 3.05) is 23.1 Å². The molecule has 3 amide bonds. The number of imide groups is 1. The zero-order chi connectivity index (χ0) is 27.1. The molecular weight excluding hydrogens is 534 g/mol. The molecule has 10 heteroatoms. The summed E-state index contributed by atoms with van der Waals surface area (Å²) in [5.74, 6) is -1.25. The molecule has 4 aromatic carbocycles. The van der Waals surface area contributed by atoms with E-state index >= 15 is 0 Å². The third-order valence-electron chi connectivity index (χ3n) is 6.30. The van der Waals surface area contributed by atoms with E-state index in [2.05, 4.69) is 15.0 Å². The minimum Gasteiger partial charge on any atom is -0.465 e. The molecule has 2 heterocycles. The second-order valence-corrected chi connectivity index (χ2v) is 10.9. The van der Waals surface area contributed by atoms with E-state index in [1.165, 1.54) is 35.1 Å². The molecular formula is C29H19N3O5S2. The van der Waals surface area contributed by atoms with Crippen molar-refractivity contribution in [2.24, 2.45) is 0 Å². The van der Waals surface area contributed by atoms with E-state index in [-0.39, 0.29) is 23.5 Å². The minimum absolute atomic E-state index is 0.134. The number of ether oxygens (including phenoxy) is 1. The fourth-order valence-corrected chi connectivity index (χ4v) is 6.39. The van der Waals surface area contributed by atoms with Crippen LogP contribution >= 0.6 is 23.1 Å². The van der Waals surface area contributed by atoms with Crippen LogP contribution in [-0.4, -0.2) is 41.5 Å². The predicted octanol–water partition coefficient (Wildman–Crippen LogP) is 5.77. The number of thioether (sulfide) groups is 1. The van der Waals surface area contributed by atoms with Gasteiger partial charge in [0.25, 0.3) is 11.8 Å². The lowest BCUT2D eigenvalue weighted by atomic mass is 9.94. The molecule has 6 rings (SSSR count). The predicted molar refractivity (Wildman–Crippen MR) is 152 cm³/mol. The second kappa shape index (κ2) is 9.97. The summed E-state index contributed by atoms with van der Waals surface area (Å²) in [6.45, 7) is 0. The Bertz CT molecular complexity index is 1760. The number of nitrogens with one attached hydrogen (secondary N) is 1. The van der Waals surface area contributed by atoms with E-state index < -0.39 is 5.97 Å². The van der Waals surface area contributed by atoms with Gasteiger partial charge in [-0.3, -0.25) is 14.4 Å². The Labute approximate surface area is 230 Å². The number of esters is 1. The topological polar surface area (TPSA) is 106 Å². The van der Waals surface area contributed by atoms with Crippen LogP contribution in [0.15, 0.2) is 83.2 Å². The maximum Gasteiger partial charge on any atom is 0.337 e. The number of hydrogen-bond acceptors (Lipinski definition) is 8. The Morgan fingerprint density at radius 3 is 2.31 bits per heavy atom. The molecule has 0 spiro atoms. The van der Waals surface area contributed by atoms with Crippen molar-refractivity contribution in [3.8, 4) is 0 Å². The van der Waals surface area contributed by atoms with Gasteiger partial charge in [-0.2, -0.15) is 0 Å². The molecule has 1 aliphatic heterocycles. The fraction of sp³-hybridized carbons (Fsp3) is 0.0690. The zero-order valence-electron chi connectivity index (χ0n) is 20.5. The van der Waals surface area contributed by atoms with Crippen LogP contribution in [0.3, 0.4) is 0 Å². The van der Waals surface area contributed by atoms with Gasteiger partial charge in [-0.1, -0.05) is 36.0 Å². The van der Waals surface area contributed by atoms with Gasteiger partial charge < -0.3 is 10.1 Å². The Kier molecular flexibility index (Phi) is 6.34. The molecule has 8 nitrogen and oxygen atoms in total. The number of fused-ring (bicyclic) bond motifs is 1. The van der Waals surface area contributed by atoms with Gasteiger partial charge in [0.1, 0.15) is 0 Å². The number of carbonyl (C=O) groups excluding carboxylic acids is 4. The highest BCUT2D eigenvalue weighted by Gasteiger charge is 2.34. The monoisotopic (exact) mass is 553 g/mol. The summed E-state index contributed by atoms with van der Waals surface area (Å²) in [5.41, 5.74) is 3.13. The summed E-state index contributed by atoms with van der Waals surface area (Å²) in [4.78, 5) is 56.6. The number of aromatic nitrogens is 1. The third-order valence-corrected chi connectivity index (χ3v) is 8.46. The van der Waals surface area contributed by atoms with Gasteiger partial charge in [-0.15, -0.1) is 11.3 Å². The van der Waals surface area contributed by atoms with E-state index in [9.17, 15) is 19.2 Å². The molecule has 0 saturated carbocycles. The van der Waals surface area contributed by atoms with Crippen LogP contribution in [0.25, 0.3) is 21.0 Å². The first kappa shape index (κ1) is 24.8. The molecule has 0 saturated heterocycles. The van der Waals surface area contributed by atoms with E-state index in [1.54, 1.807) is 54.6 Å². The number of hydrogen-bond donors (Lipinski definition) is 1. The maximum atomic E-state index is 13.4. The summed E-state index contributed by atoms with van der Waals surface area (Å²) in [5, 5.41) is 4.33. The standard InChI is InChI=1S/C29H19N3O5S2/c1-37-28(36)17-8-10-18(11-9-17)30-24(33)15-38-29-31-22-13-12-19(14-23(22)39-29)32-26(34)20-6-2-4-16-5-3-7-21(25(16)20)27(32)35/h2-14H,15H2,1H3,(H,30,33). The average Bonchev–Trinajstić information content (AvgIpc) is 3.37. The van der Waals surface area contributed by atoms with Gasteiger partial charge in [0.2, 0.25) is 5.91 Å². The van der Waals surface area contributed by atoms with Crippen molar-refractivity contribution in [1.29, 1.82) is 0 Å². The van der Waals surface area contributed by atoms with Crippen LogP contribution in [0.5, 0.6) is 0 Å². The Morgan fingerprint density at radius 2 is 1.64 bits per heavy atom.